The normalized spacial score (nSPS) is 14.0. The third-order valence-corrected chi connectivity index (χ3v) is 13.1. The summed E-state index contributed by atoms with van der Waals surface area (Å²) in [5, 5.41) is 9.66. The van der Waals surface area contributed by atoms with Crippen LogP contribution in [0.4, 0.5) is 0 Å². The lowest BCUT2D eigenvalue weighted by Crippen LogP contribution is -2.14. The summed E-state index contributed by atoms with van der Waals surface area (Å²) in [5.41, 5.74) is 19.2. The van der Waals surface area contributed by atoms with E-state index in [-0.39, 0.29) is 5.41 Å². The van der Waals surface area contributed by atoms with E-state index in [0.29, 0.717) is 0 Å². The zero-order valence-corrected chi connectivity index (χ0v) is 31.0. The van der Waals surface area contributed by atoms with Crippen molar-refractivity contribution in [1.29, 1.82) is 0 Å². The number of hydrogen-bond acceptors (Lipinski definition) is 2. The summed E-state index contributed by atoms with van der Waals surface area (Å²) in [4.78, 5) is 0. The summed E-state index contributed by atoms with van der Waals surface area (Å²) in [7, 11) is 0. The number of benzene rings is 9. The van der Waals surface area contributed by atoms with E-state index < -0.39 is 0 Å². The van der Waals surface area contributed by atoms with E-state index in [4.69, 9.17) is 8.83 Å². The second-order valence-electron chi connectivity index (χ2n) is 16.3. The minimum atomic E-state index is -0.0818. The van der Waals surface area contributed by atoms with Gasteiger partial charge >= 0.3 is 0 Å². The molecule has 2 heterocycles. The third kappa shape index (κ3) is 3.81. The van der Waals surface area contributed by atoms with Crippen molar-refractivity contribution >= 4 is 65.4 Å². The van der Waals surface area contributed by atoms with Crippen molar-refractivity contribution in [2.45, 2.75) is 25.7 Å². The van der Waals surface area contributed by atoms with Crippen LogP contribution in [0.1, 0.15) is 36.1 Å². The minimum Gasteiger partial charge on any atom is -0.456 e. The first-order valence-electron chi connectivity index (χ1n) is 19.6. The van der Waals surface area contributed by atoms with Crippen molar-refractivity contribution in [3.8, 4) is 44.5 Å². The first-order valence-corrected chi connectivity index (χ1v) is 19.6. The van der Waals surface area contributed by atoms with Gasteiger partial charge < -0.3 is 8.83 Å². The molecule has 0 unspecified atom stereocenters. The van der Waals surface area contributed by atoms with Crippen molar-refractivity contribution in [2.75, 3.05) is 0 Å². The predicted molar refractivity (Wildman–Crippen MR) is 233 cm³/mol. The molecule has 0 amide bonds. The van der Waals surface area contributed by atoms with E-state index >= 15 is 0 Å². The van der Waals surface area contributed by atoms with Gasteiger partial charge in [-0.15, -0.1) is 0 Å². The molecule has 0 aliphatic heterocycles. The largest absolute Gasteiger partial charge is 0.456 e. The smallest absolute Gasteiger partial charge is 0.143 e. The van der Waals surface area contributed by atoms with Crippen molar-refractivity contribution in [3.63, 3.8) is 0 Å². The topological polar surface area (TPSA) is 26.3 Å². The van der Waals surface area contributed by atoms with E-state index in [1.807, 2.05) is 0 Å². The Morgan fingerprint density at radius 3 is 1.80 bits per heavy atom. The third-order valence-electron chi connectivity index (χ3n) is 13.1. The highest BCUT2D eigenvalue weighted by molar-refractivity contribution is 6.26. The van der Waals surface area contributed by atoms with Gasteiger partial charge in [-0.2, -0.15) is 0 Å². The SMILES string of the molecule is CC1(C)c2ccccc2-c2c1ccc1oc3c(-c4c5ccccc5c(-c5ccc6c(c5)-c5c(ccc7oc8ccccc8c57)C6)c5ccccc45)cccc3c21. The van der Waals surface area contributed by atoms with E-state index in [9.17, 15) is 0 Å². The molecule has 0 atom stereocenters. The van der Waals surface area contributed by atoms with Gasteiger partial charge in [0.2, 0.25) is 0 Å². The molecular weight excluding hydrogens is 681 g/mol. The van der Waals surface area contributed by atoms with Crippen LogP contribution in [0.3, 0.4) is 0 Å². The molecule has 2 aliphatic carbocycles. The average Bonchev–Trinajstić information content (AvgIpc) is 3.97. The molecule has 2 heteroatoms. The Morgan fingerprint density at radius 2 is 1.00 bits per heavy atom. The Balaban J connectivity index is 1.08. The summed E-state index contributed by atoms with van der Waals surface area (Å²) in [6.07, 6.45) is 0.925. The lowest BCUT2D eigenvalue weighted by Gasteiger charge is -2.21. The maximum Gasteiger partial charge on any atom is 0.143 e. The molecule has 0 radical (unpaired) electrons. The summed E-state index contributed by atoms with van der Waals surface area (Å²) in [6.45, 7) is 4.69. The van der Waals surface area contributed by atoms with Crippen LogP contribution in [-0.4, -0.2) is 0 Å². The molecule has 0 fully saturated rings. The molecule has 0 saturated carbocycles. The molecule has 2 nitrogen and oxygen atoms in total. The van der Waals surface area contributed by atoms with E-state index in [1.54, 1.807) is 0 Å². The number of rotatable bonds is 2. The molecule has 2 aromatic heterocycles. The number of para-hydroxylation sites is 2. The van der Waals surface area contributed by atoms with E-state index in [0.717, 1.165) is 39.7 Å². The first kappa shape index (κ1) is 30.4. The van der Waals surface area contributed by atoms with Crippen molar-refractivity contribution in [2.24, 2.45) is 0 Å². The molecule has 9 aromatic carbocycles. The van der Waals surface area contributed by atoms with E-state index in [2.05, 4.69) is 172 Å². The van der Waals surface area contributed by atoms with Gasteiger partial charge in [-0.1, -0.05) is 147 Å². The van der Waals surface area contributed by atoms with Crippen LogP contribution in [0, 0.1) is 0 Å². The summed E-state index contributed by atoms with van der Waals surface area (Å²) < 4.78 is 13.4. The summed E-state index contributed by atoms with van der Waals surface area (Å²) in [5.74, 6) is 0. The predicted octanol–water partition coefficient (Wildman–Crippen LogP) is 15.0. The summed E-state index contributed by atoms with van der Waals surface area (Å²) in [6, 6.07) is 58.0. The molecule has 13 rings (SSSR count). The maximum atomic E-state index is 6.99. The lowest BCUT2D eigenvalue weighted by molar-refractivity contribution is 0.657. The maximum absolute atomic E-state index is 6.99. The Hall–Kier alpha value is -6.90. The van der Waals surface area contributed by atoms with Crippen LogP contribution in [0.15, 0.2) is 167 Å². The highest BCUT2D eigenvalue weighted by Crippen LogP contribution is 2.55. The first-order chi connectivity index (χ1) is 27.5. The zero-order chi connectivity index (χ0) is 36.9. The van der Waals surface area contributed by atoms with Gasteiger partial charge in [0.05, 0.1) is 0 Å². The standard InChI is InChI=1S/C54H34O2/c1-54(2)42-20-9-7-16-37(42)50-43(54)25-27-46-52(50)40-19-11-18-39(53(40)56-46)49-35-14-5-3-12-33(35)47(34-13-4-6-15-36(34)49)32-23-22-30-28-31-24-26-45-51(48(31)41(30)29-32)38-17-8-10-21-44(38)55-45/h3-27,29H,28H2,1-2H3. The molecule has 56 heavy (non-hydrogen) atoms. The molecular formula is C54H34O2. The molecule has 2 aliphatic rings. The molecule has 11 aromatic rings. The average molecular weight is 715 g/mol. The van der Waals surface area contributed by atoms with Crippen LogP contribution < -0.4 is 0 Å². The van der Waals surface area contributed by atoms with Crippen LogP contribution in [0.5, 0.6) is 0 Å². The van der Waals surface area contributed by atoms with Gasteiger partial charge in [-0.3, -0.25) is 0 Å². The molecule has 0 N–H and O–H groups in total. The zero-order valence-electron chi connectivity index (χ0n) is 31.0. The molecule has 0 bridgehead atoms. The second kappa shape index (κ2) is 10.6. The second-order valence-corrected chi connectivity index (χ2v) is 16.3. The molecule has 0 saturated heterocycles. The van der Waals surface area contributed by atoms with Crippen LogP contribution in [-0.2, 0) is 11.8 Å². The Bertz CT molecular complexity index is 3480. The Morgan fingerprint density at radius 1 is 0.393 bits per heavy atom. The quantitative estimate of drug-likeness (QED) is 0.167. The monoisotopic (exact) mass is 714 g/mol. The highest BCUT2D eigenvalue weighted by Gasteiger charge is 2.37. The summed E-state index contributed by atoms with van der Waals surface area (Å²) >= 11 is 0. The van der Waals surface area contributed by atoms with Crippen molar-refractivity contribution in [1.82, 2.24) is 0 Å². The fraction of sp³-hybridized carbons (Fsp3) is 0.0741. The molecule has 0 spiro atoms. The number of fused-ring (bicyclic) bond motifs is 16. The fourth-order valence-corrected chi connectivity index (χ4v) is 10.6. The van der Waals surface area contributed by atoms with Gasteiger partial charge in [0.15, 0.2) is 0 Å². The highest BCUT2D eigenvalue weighted by atomic mass is 16.3. The van der Waals surface area contributed by atoms with Crippen LogP contribution in [0.2, 0.25) is 0 Å². The van der Waals surface area contributed by atoms with Crippen molar-refractivity contribution < 1.29 is 8.83 Å². The van der Waals surface area contributed by atoms with Gasteiger partial charge in [0.1, 0.15) is 22.3 Å². The minimum absolute atomic E-state index is 0.0818. The van der Waals surface area contributed by atoms with Crippen LogP contribution >= 0.6 is 0 Å². The van der Waals surface area contributed by atoms with Crippen molar-refractivity contribution in [3.05, 3.63) is 180 Å². The molecule has 262 valence electrons. The number of furan rings is 2. The van der Waals surface area contributed by atoms with Crippen LogP contribution in [0.25, 0.3) is 110 Å². The van der Waals surface area contributed by atoms with Gasteiger partial charge in [0.25, 0.3) is 0 Å². The lowest BCUT2D eigenvalue weighted by atomic mass is 9.82. The van der Waals surface area contributed by atoms with Gasteiger partial charge in [-0.05, 0) is 108 Å². The Kier molecular flexibility index (Phi) is 5.79. The Labute approximate surface area is 323 Å². The fourth-order valence-electron chi connectivity index (χ4n) is 10.6. The van der Waals surface area contributed by atoms with Gasteiger partial charge in [0, 0.05) is 38.1 Å². The van der Waals surface area contributed by atoms with Gasteiger partial charge in [-0.25, -0.2) is 0 Å². The van der Waals surface area contributed by atoms with E-state index in [1.165, 1.54) is 98.9 Å². The number of hydrogen-bond donors (Lipinski definition) is 0.